The van der Waals surface area contributed by atoms with E-state index in [1.165, 1.54) is 17.9 Å². The first-order valence-corrected chi connectivity index (χ1v) is 8.51. The molecule has 0 aromatic carbocycles. The normalized spacial score (nSPS) is 11.9. The van der Waals surface area contributed by atoms with Crippen LogP contribution >= 0.6 is 10.7 Å². The Kier molecular flexibility index (Phi) is 4.48. The molecule has 0 aliphatic carbocycles. The first kappa shape index (κ1) is 15.7. The van der Waals surface area contributed by atoms with E-state index < -0.39 is 9.05 Å². The molecule has 0 spiro atoms. The highest BCUT2D eigenvalue weighted by atomic mass is 35.7. The average molecular weight is 331 g/mol. The van der Waals surface area contributed by atoms with Gasteiger partial charge in [-0.15, -0.1) is 10.2 Å². The molecule has 0 atom stereocenters. The molecule has 2 heterocycles. The van der Waals surface area contributed by atoms with Crippen molar-refractivity contribution < 1.29 is 13.2 Å². The topological polar surface area (TPSA) is 87.0 Å². The Bertz CT molecular complexity index is 743. The summed E-state index contributed by atoms with van der Waals surface area (Å²) in [5, 5.41) is 7.39. The molecule has 114 valence electrons. The average Bonchev–Trinajstić information content (AvgIpc) is 2.81. The lowest BCUT2D eigenvalue weighted by atomic mass is 10.2. The van der Waals surface area contributed by atoms with E-state index >= 15 is 0 Å². The maximum atomic E-state index is 11.6. The molecule has 0 aliphatic heterocycles. The number of nitrogens with zero attached hydrogens (tertiary/aromatic N) is 4. The van der Waals surface area contributed by atoms with E-state index in [9.17, 15) is 8.42 Å². The molecular formula is C12H15ClN4O3S. The van der Waals surface area contributed by atoms with Gasteiger partial charge in [0.1, 0.15) is 5.75 Å². The van der Waals surface area contributed by atoms with Crippen molar-refractivity contribution in [1.82, 2.24) is 19.7 Å². The van der Waals surface area contributed by atoms with Crippen LogP contribution in [0.1, 0.15) is 13.8 Å². The lowest BCUT2D eigenvalue weighted by Gasteiger charge is -2.12. The molecule has 0 radical (unpaired) electrons. The molecule has 2 aromatic heterocycles. The van der Waals surface area contributed by atoms with E-state index in [4.69, 9.17) is 15.4 Å². The molecule has 21 heavy (non-hydrogen) atoms. The molecule has 0 aliphatic rings. The second-order valence-corrected chi connectivity index (χ2v) is 7.28. The predicted molar refractivity (Wildman–Crippen MR) is 77.7 cm³/mol. The molecule has 0 saturated carbocycles. The maximum Gasteiger partial charge on any atom is 0.296 e. The van der Waals surface area contributed by atoms with Crippen LogP contribution in [0.5, 0.6) is 5.75 Å². The third kappa shape index (κ3) is 3.33. The zero-order valence-electron chi connectivity index (χ0n) is 11.8. The van der Waals surface area contributed by atoms with Crippen molar-refractivity contribution in [3.05, 3.63) is 18.5 Å². The Morgan fingerprint density at radius 2 is 2.10 bits per heavy atom. The number of rotatable bonds is 5. The molecule has 2 aromatic rings. The van der Waals surface area contributed by atoms with Gasteiger partial charge in [0.2, 0.25) is 0 Å². The fourth-order valence-electron chi connectivity index (χ4n) is 1.93. The van der Waals surface area contributed by atoms with Crippen LogP contribution in [0.2, 0.25) is 0 Å². The summed E-state index contributed by atoms with van der Waals surface area (Å²) in [6.07, 6.45) is 3.10. The van der Waals surface area contributed by atoms with Crippen molar-refractivity contribution in [3.63, 3.8) is 0 Å². The highest BCUT2D eigenvalue weighted by Crippen LogP contribution is 2.30. The predicted octanol–water partition coefficient (Wildman–Crippen LogP) is 1.93. The number of aromatic nitrogens is 4. The minimum atomic E-state index is -3.98. The third-order valence-corrected chi connectivity index (χ3v) is 3.88. The minimum absolute atomic E-state index is 0.185. The highest BCUT2D eigenvalue weighted by molar-refractivity contribution is 8.13. The third-order valence-electron chi connectivity index (χ3n) is 2.73. The zero-order chi connectivity index (χ0) is 15.6. The van der Waals surface area contributed by atoms with Crippen LogP contribution in [0.4, 0.5) is 0 Å². The van der Waals surface area contributed by atoms with Crippen molar-refractivity contribution in [2.75, 3.05) is 7.11 Å². The lowest BCUT2D eigenvalue weighted by molar-refractivity contribution is 0.413. The molecule has 9 heteroatoms. The molecule has 0 unspecified atom stereocenters. The summed E-state index contributed by atoms with van der Waals surface area (Å²) in [6, 6.07) is 1.68. The summed E-state index contributed by atoms with van der Waals surface area (Å²) >= 11 is 0. The quantitative estimate of drug-likeness (QED) is 0.778. The number of halogens is 1. The van der Waals surface area contributed by atoms with Gasteiger partial charge in [-0.25, -0.2) is 8.42 Å². The smallest absolute Gasteiger partial charge is 0.296 e. The summed E-state index contributed by atoms with van der Waals surface area (Å²) in [5.74, 6) is 1.04. The Labute approximate surface area is 127 Å². The molecule has 2 rings (SSSR count). The Morgan fingerprint density at radius 1 is 1.38 bits per heavy atom. The Balaban J connectivity index is 2.67. The van der Waals surface area contributed by atoms with Gasteiger partial charge >= 0.3 is 0 Å². The zero-order valence-corrected chi connectivity index (χ0v) is 13.4. The summed E-state index contributed by atoms with van der Waals surface area (Å²) in [4.78, 5) is 3.96. The van der Waals surface area contributed by atoms with Crippen LogP contribution in [-0.4, -0.2) is 35.3 Å². The minimum Gasteiger partial charge on any atom is -0.494 e. The van der Waals surface area contributed by atoms with Gasteiger partial charge in [0.05, 0.1) is 18.9 Å². The lowest BCUT2D eigenvalue weighted by Crippen LogP contribution is -2.12. The van der Waals surface area contributed by atoms with Crippen molar-refractivity contribution in [2.24, 2.45) is 5.92 Å². The number of ether oxygens (including phenoxy) is 1. The summed E-state index contributed by atoms with van der Waals surface area (Å²) in [7, 11) is 2.95. The molecule has 0 bridgehead atoms. The second-order valence-electron chi connectivity index (χ2n) is 4.82. The standard InChI is InChI=1S/C12H15ClN4O3S/c1-8(2)7-17-11(15-16-12(17)21(13,18)19)9-4-5-14-6-10(9)20-3/h4-6,8H,7H2,1-3H3. The van der Waals surface area contributed by atoms with Gasteiger partial charge in [-0.2, -0.15) is 0 Å². The van der Waals surface area contributed by atoms with Crippen LogP contribution in [0.25, 0.3) is 11.4 Å². The van der Waals surface area contributed by atoms with E-state index in [-0.39, 0.29) is 11.1 Å². The van der Waals surface area contributed by atoms with Gasteiger partial charge in [-0.3, -0.25) is 9.55 Å². The van der Waals surface area contributed by atoms with Crippen molar-refractivity contribution >= 4 is 19.7 Å². The number of hydrogen-bond acceptors (Lipinski definition) is 6. The maximum absolute atomic E-state index is 11.6. The van der Waals surface area contributed by atoms with Gasteiger partial charge in [0, 0.05) is 23.4 Å². The SMILES string of the molecule is COc1cnccc1-c1nnc(S(=O)(=O)Cl)n1CC(C)C. The van der Waals surface area contributed by atoms with E-state index in [2.05, 4.69) is 15.2 Å². The van der Waals surface area contributed by atoms with E-state index in [0.29, 0.717) is 23.7 Å². The number of methoxy groups -OCH3 is 1. The van der Waals surface area contributed by atoms with E-state index in [0.717, 1.165) is 0 Å². The fourth-order valence-corrected chi connectivity index (χ4v) is 2.83. The van der Waals surface area contributed by atoms with Crippen LogP contribution in [-0.2, 0) is 15.6 Å². The van der Waals surface area contributed by atoms with Gasteiger partial charge in [0.25, 0.3) is 14.2 Å². The molecule has 0 saturated heterocycles. The second kappa shape index (κ2) is 5.98. The van der Waals surface area contributed by atoms with Gasteiger partial charge in [0.15, 0.2) is 5.82 Å². The number of pyridine rings is 1. The largest absolute Gasteiger partial charge is 0.494 e. The summed E-state index contributed by atoms with van der Waals surface area (Å²) in [6.45, 7) is 4.32. The van der Waals surface area contributed by atoms with Crippen molar-refractivity contribution in [3.8, 4) is 17.1 Å². The first-order chi connectivity index (χ1) is 9.84. The van der Waals surface area contributed by atoms with Crippen molar-refractivity contribution in [1.29, 1.82) is 0 Å². The monoisotopic (exact) mass is 330 g/mol. The summed E-state index contributed by atoms with van der Waals surface area (Å²) < 4.78 is 30.0. The van der Waals surface area contributed by atoms with Crippen LogP contribution < -0.4 is 4.74 Å². The first-order valence-electron chi connectivity index (χ1n) is 6.20. The van der Waals surface area contributed by atoms with E-state index in [1.54, 1.807) is 12.3 Å². The number of hydrogen-bond donors (Lipinski definition) is 0. The van der Waals surface area contributed by atoms with Crippen LogP contribution in [0.3, 0.4) is 0 Å². The highest BCUT2D eigenvalue weighted by Gasteiger charge is 2.25. The Morgan fingerprint density at radius 3 is 2.67 bits per heavy atom. The van der Waals surface area contributed by atoms with Gasteiger partial charge in [-0.1, -0.05) is 13.8 Å². The van der Waals surface area contributed by atoms with Crippen LogP contribution in [0, 0.1) is 5.92 Å². The summed E-state index contributed by atoms with van der Waals surface area (Å²) in [5.41, 5.74) is 0.604. The molecular weight excluding hydrogens is 316 g/mol. The molecule has 0 N–H and O–H groups in total. The fraction of sp³-hybridized carbons (Fsp3) is 0.417. The molecule has 7 nitrogen and oxygen atoms in total. The molecule has 0 amide bonds. The molecule has 0 fully saturated rings. The van der Waals surface area contributed by atoms with E-state index in [1.807, 2.05) is 13.8 Å². The van der Waals surface area contributed by atoms with Crippen LogP contribution in [0.15, 0.2) is 23.6 Å². The van der Waals surface area contributed by atoms with Crippen molar-refractivity contribution in [2.45, 2.75) is 25.5 Å². The van der Waals surface area contributed by atoms with Gasteiger partial charge < -0.3 is 4.74 Å². The Hall–Kier alpha value is -1.67. The van der Waals surface area contributed by atoms with Gasteiger partial charge in [-0.05, 0) is 12.0 Å².